The summed E-state index contributed by atoms with van der Waals surface area (Å²) in [6.45, 7) is 0.951. The third-order valence-electron chi connectivity index (χ3n) is 3.11. The molecule has 3 heterocycles. The molecular weight excluding hydrogens is 290 g/mol. The van der Waals surface area contributed by atoms with Gasteiger partial charge >= 0.3 is 0 Å². The fraction of sp³-hybridized carbons (Fsp3) is 0.286. The van der Waals surface area contributed by atoms with Crippen molar-refractivity contribution < 1.29 is 9.15 Å². The van der Waals surface area contributed by atoms with E-state index in [0.29, 0.717) is 23.8 Å². The number of rotatable bonds is 6. The molecule has 6 nitrogen and oxygen atoms in total. The zero-order valence-electron chi connectivity index (χ0n) is 11.5. The van der Waals surface area contributed by atoms with Gasteiger partial charge in [-0.3, -0.25) is 14.5 Å². The highest BCUT2D eigenvalue weighted by atomic mass is 32.1. The third kappa shape index (κ3) is 3.05. The highest BCUT2D eigenvalue weighted by Gasteiger charge is 2.14. The van der Waals surface area contributed by atoms with Crippen molar-refractivity contribution >= 4 is 16.3 Å². The zero-order valence-corrected chi connectivity index (χ0v) is 12.3. The first kappa shape index (κ1) is 14.0. The van der Waals surface area contributed by atoms with Crippen LogP contribution in [0.15, 0.2) is 45.3 Å². The predicted octanol–water partition coefficient (Wildman–Crippen LogP) is 1.83. The van der Waals surface area contributed by atoms with Crippen molar-refractivity contribution in [1.82, 2.24) is 14.7 Å². The molecule has 1 atom stereocenters. The zero-order chi connectivity index (χ0) is 14.7. The Bertz CT molecular complexity index is 763. The Morgan fingerprint density at radius 3 is 3.24 bits per heavy atom. The molecule has 3 aromatic rings. The molecule has 0 saturated carbocycles. The van der Waals surface area contributed by atoms with Crippen molar-refractivity contribution in [2.75, 3.05) is 13.7 Å². The molecule has 0 aliphatic rings. The SMILES string of the molecule is COC[C@@H](NCc1cc(=O)n2ccsc2n1)c1ccco1. The first-order valence-electron chi connectivity index (χ1n) is 6.49. The van der Waals surface area contributed by atoms with Crippen molar-refractivity contribution in [1.29, 1.82) is 0 Å². The normalized spacial score (nSPS) is 12.8. The summed E-state index contributed by atoms with van der Waals surface area (Å²) < 4.78 is 12.1. The summed E-state index contributed by atoms with van der Waals surface area (Å²) in [6.07, 6.45) is 3.35. The Hall–Kier alpha value is -1.96. The molecule has 0 unspecified atom stereocenters. The van der Waals surface area contributed by atoms with E-state index in [-0.39, 0.29) is 11.6 Å². The Balaban J connectivity index is 1.76. The summed E-state index contributed by atoms with van der Waals surface area (Å²) in [5.41, 5.74) is 0.634. The topological polar surface area (TPSA) is 68.8 Å². The third-order valence-corrected chi connectivity index (χ3v) is 3.86. The standard InChI is InChI=1S/C14H15N3O3S/c1-19-9-11(12-3-2-5-20-12)15-8-10-7-13(18)17-4-6-21-14(17)16-10/h2-7,11,15H,8-9H2,1H3/t11-/m1/s1. The molecule has 0 spiro atoms. The molecule has 0 amide bonds. The number of nitrogens with one attached hydrogen (secondary N) is 1. The van der Waals surface area contributed by atoms with Gasteiger partial charge in [-0.25, -0.2) is 4.98 Å². The van der Waals surface area contributed by atoms with Gasteiger partial charge in [-0.1, -0.05) is 0 Å². The lowest BCUT2D eigenvalue weighted by Gasteiger charge is -2.15. The van der Waals surface area contributed by atoms with Crippen molar-refractivity contribution in [3.05, 3.63) is 57.8 Å². The number of fused-ring (bicyclic) bond motifs is 1. The number of furan rings is 1. The van der Waals surface area contributed by atoms with Crippen LogP contribution in [0.1, 0.15) is 17.5 Å². The average Bonchev–Trinajstić information content (AvgIpc) is 3.14. The van der Waals surface area contributed by atoms with E-state index in [9.17, 15) is 4.79 Å². The summed E-state index contributed by atoms with van der Waals surface area (Å²) in [6, 6.07) is 5.19. The van der Waals surface area contributed by atoms with E-state index in [1.54, 1.807) is 25.6 Å². The van der Waals surface area contributed by atoms with Crippen LogP contribution >= 0.6 is 11.3 Å². The number of methoxy groups -OCH3 is 1. The van der Waals surface area contributed by atoms with E-state index in [1.807, 2.05) is 17.5 Å². The summed E-state index contributed by atoms with van der Waals surface area (Å²) in [5.74, 6) is 0.797. The fourth-order valence-electron chi connectivity index (χ4n) is 2.10. The molecule has 1 N–H and O–H groups in total. The summed E-state index contributed by atoms with van der Waals surface area (Å²) >= 11 is 1.44. The highest BCUT2D eigenvalue weighted by molar-refractivity contribution is 7.15. The molecule has 0 aliphatic heterocycles. The van der Waals surface area contributed by atoms with Crippen molar-refractivity contribution in [3.8, 4) is 0 Å². The molecule has 0 saturated heterocycles. The van der Waals surface area contributed by atoms with Crippen LogP contribution in [0.25, 0.3) is 4.96 Å². The first-order chi connectivity index (χ1) is 10.3. The van der Waals surface area contributed by atoms with E-state index < -0.39 is 0 Å². The number of ether oxygens (including phenoxy) is 1. The van der Waals surface area contributed by atoms with Gasteiger partial charge < -0.3 is 9.15 Å². The van der Waals surface area contributed by atoms with Crippen LogP contribution in [0.3, 0.4) is 0 Å². The van der Waals surface area contributed by atoms with Gasteiger partial charge in [0.1, 0.15) is 5.76 Å². The fourth-order valence-corrected chi connectivity index (χ4v) is 2.84. The summed E-state index contributed by atoms with van der Waals surface area (Å²) in [4.78, 5) is 17.1. The van der Waals surface area contributed by atoms with Crippen molar-refractivity contribution in [2.45, 2.75) is 12.6 Å². The van der Waals surface area contributed by atoms with Gasteiger partial charge in [0.15, 0.2) is 4.96 Å². The van der Waals surface area contributed by atoms with Crippen molar-refractivity contribution in [3.63, 3.8) is 0 Å². The van der Waals surface area contributed by atoms with Gasteiger partial charge in [-0.2, -0.15) is 0 Å². The number of thiazole rings is 1. The van der Waals surface area contributed by atoms with Crippen LogP contribution in [0.5, 0.6) is 0 Å². The molecule has 0 radical (unpaired) electrons. The highest BCUT2D eigenvalue weighted by Crippen LogP contribution is 2.14. The lowest BCUT2D eigenvalue weighted by Crippen LogP contribution is -2.26. The molecule has 3 rings (SSSR count). The molecule has 3 aromatic heterocycles. The van der Waals surface area contributed by atoms with Crippen LogP contribution in [0, 0.1) is 0 Å². The Morgan fingerprint density at radius 1 is 1.57 bits per heavy atom. The van der Waals surface area contributed by atoms with Gasteiger partial charge in [0.05, 0.1) is 24.6 Å². The maximum atomic E-state index is 11.9. The quantitative estimate of drug-likeness (QED) is 0.752. The van der Waals surface area contributed by atoms with E-state index in [2.05, 4.69) is 10.3 Å². The summed E-state index contributed by atoms with van der Waals surface area (Å²) in [5, 5.41) is 5.14. The van der Waals surface area contributed by atoms with Crippen LogP contribution in [-0.4, -0.2) is 23.1 Å². The monoisotopic (exact) mass is 305 g/mol. The van der Waals surface area contributed by atoms with Gasteiger partial charge in [0.25, 0.3) is 5.56 Å². The minimum atomic E-state index is -0.0754. The smallest absolute Gasteiger partial charge is 0.258 e. The van der Waals surface area contributed by atoms with Gasteiger partial charge in [-0.05, 0) is 12.1 Å². The second-order valence-electron chi connectivity index (χ2n) is 4.55. The molecule has 0 bridgehead atoms. The van der Waals surface area contributed by atoms with Crippen molar-refractivity contribution in [2.24, 2.45) is 0 Å². The Labute approximate surface area is 125 Å². The summed E-state index contributed by atoms with van der Waals surface area (Å²) in [7, 11) is 1.64. The van der Waals surface area contributed by atoms with Crippen LogP contribution in [0.2, 0.25) is 0 Å². The minimum Gasteiger partial charge on any atom is -0.468 e. The van der Waals surface area contributed by atoms with E-state index in [1.165, 1.54) is 15.7 Å². The van der Waals surface area contributed by atoms with E-state index >= 15 is 0 Å². The van der Waals surface area contributed by atoms with Crippen LogP contribution in [-0.2, 0) is 11.3 Å². The lowest BCUT2D eigenvalue weighted by molar-refractivity contribution is 0.156. The number of nitrogens with zero attached hydrogens (tertiary/aromatic N) is 2. The molecule has 110 valence electrons. The maximum absolute atomic E-state index is 11.9. The second kappa shape index (κ2) is 6.21. The average molecular weight is 305 g/mol. The molecule has 21 heavy (non-hydrogen) atoms. The van der Waals surface area contributed by atoms with Gasteiger partial charge in [0.2, 0.25) is 0 Å². The van der Waals surface area contributed by atoms with E-state index in [4.69, 9.17) is 9.15 Å². The first-order valence-corrected chi connectivity index (χ1v) is 7.37. The van der Waals surface area contributed by atoms with E-state index in [0.717, 1.165) is 5.76 Å². The largest absolute Gasteiger partial charge is 0.468 e. The molecule has 0 fully saturated rings. The van der Waals surface area contributed by atoms with Crippen LogP contribution < -0.4 is 10.9 Å². The molecule has 0 aromatic carbocycles. The molecular formula is C14H15N3O3S. The molecule has 7 heteroatoms. The van der Waals surface area contributed by atoms with Gasteiger partial charge in [-0.15, -0.1) is 11.3 Å². The second-order valence-corrected chi connectivity index (χ2v) is 5.42. The predicted molar refractivity (Wildman–Crippen MR) is 79.5 cm³/mol. The number of hydrogen-bond acceptors (Lipinski definition) is 6. The maximum Gasteiger partial charge on any atom is 0.258 e. The van der Waals surface area contributed by atoms with Gasteiger partial charge in [0, 0.05) is 31.3 Å². The molecule has 0 aliphatic carbocycles. The Morgan fingerprint density at radius 2 is 2.48 bits per heavy atom. The Kier molecular flexibility index (Phi) is 4.14. The number of hydrogen-bond donors (Lipinski definition) is 1. The number of aromatic nitrogens is 2. The minimum absolute atomic E-state index is 0.0701. The lowest BCUT2D eigenvalue weighted by atomic mass is 10.2. The van der Waals surface area contributed by atoms with Crippen LogP contribution in [0.4, 0.5) is 0 Å².